The molecule has 0 radical (unpaired) electrons. The van der Waals surface area contributed by atoms with Crippen LogP contribution in [0.15, 0.2) is 0 Å². The van der Waals surface area contributed by atoms with Gasteiger partial charge in [0, 0.05) is 19.1 Å². The van der Waals surface area contributed by atoms with Crippen LogP contribution in [-0.4, -0.2) is 37.1 Å². The van der Waals surface area contributed by atoms with Gasteiger partial charge in [0.1, 0.15) is 0 Å². The maximum Gasteiger partial charge on any atom is 0.0220 e. The van der Waals surface area contributed by atoms with E-state index in [-0.39, 0.29) is 0 Å². The van der Waals surface area contributed by atoms with Crippen molar-refractivity contribution in [3.8, 4) is 0 Å². The van der Waals surface area contributed by atoms with Gasteiger partial charge < -0.3 is 5.32 Å². The molecule has 2 nitrogen and oxygen atoms in total. The SMILES string of the molecule is CC(C)CNCC1CCCCN1CC1CCC1. The van der Waals surface area contributed by atoms with Gasteiger partial charge in [-0.05, 0) is 50.6 Å². The molecule has 100 valence electrons. The minimum Gasteiger partial charge on any atom is -0.315 e. The second-order valence-electron chi connectivity index (χ2n) is 6.49. The summed E-state index contributed by atoms with van der Waals surface area (Å²) in [6, 6.07) is 0.822. The van der Waals surface area contributed by atoms with E-state index in [2.05, 4.69) is 24.1 Å². The van der Waals surface area contributed by atoms with Crippen molar-refractivity contribution in [1.29, 1.82) is 0 Å². The number of likely N-dealkylation sites (tertiary alicyclic amines) is 1. The third-order valence-corrected chi connectivity index (χ3v) is 4.40. The molecular formula is C15H30N2. The summed E-state index contributed by atoms with van der Waals surface area (Å²) in [7, 11) is 0. The van der Waals surface area contributed by atoms with Gasteiger partial charge in [-0.3, -0.25) is 4.90 Å². The van der Waals surface area contributed by atoms with Crippen LogP contribution in [-0.2, 0) is 0 Å². The lowest BCUT2D eigenvalue weighted by Crippen LogP contribution is -2.48. The summed E-state index contributed by atoms with van der Waals surface area (Å²) in [5.41, 5.74) is 0. The monoisotopic (exact) mass is 238 g/mol. The van der Waals surface area contributed by atoms with Crippen molar-refractivity contribution in [2.75, 3.05) is 26.2 Å². The predicted molar refractivity (Wildman–Crippen MR) is 74.3 cm³/mol. The Kier molecular flexibility index (Phi) is 5.30. The zero-order valence-electron chi connectivity index (χ0n) is 11.8. The fourth-order valence-electron chi connectivity index (χ4n) is 3.08. The van der Waals surface area contributed by atoms with Gasteiger partial charge in [-0.15, -0.1) is 0 Å². The van der Waals surface area contributed by atoms with E-state index in [0.29, 0.717) is 0 Å². The second kappa shape index (κ2) is 6.75. The Labute approximate surface area is 107 Å². The first-order valence-electron chi connectivity index (χ1n) is 7.70. The summed E-state index contributed by atoms with van der Waals surface area (Å²) in [6.07, 6.45) is 8.74. The van der Waals surface area contributed by atoms with E-state index in [1.54, 1.807) is 0 Å². The summed E-state index contributed by atoms with van der Waals surface area (Å²) >= 11 is 0. The molecule has 0 spiro atoms. The molecule has 1 saturated heterocycles. The van der Waals surface area contributed by atoms with E-state index in [4.69, 9.17) is 0 Å². The van der Waals surface area contributed by atoms with Crippen LogP contribution < -0.4 is 5.32 Å². The highest BCUT2D eigenvalue weighted by Gasteiger charge is 2.27. The Morgan fingerprint density at radius 1 is 1.12 bits per heavy atom. The van der Waals surface area contributed by atoms with Crippen LogP contribution in [0.25, 0.3) is 0 Å². The fourth-order valence-corrected chi connectivity index (χ4v) is 3.08. The van der Waals surface area contributed by atoms with Gasteiger partial charge in [-0.1, -0.05) is 26.7 Å². The van der Waals surface area contributed by atoms with Gasteiger partial charge in [0.05, 0.1) is 0 Å². The molecule has 2 fully saturated rings. The van der Waals surface area contributed by atoms with Gasteiger partial charge in [0.2, 0.25) is 0 Å². The molecule has 2 rings (SSSR count). The topological polar surface area (TPSA) is 15.3 Å². The molecule has 0 bridgehead atoms. The number of rotatable bonds is 6. The molecule has 1 N–H and O–H groups in total. The zero-order valence-corrected chi connectivity index (χ0v) is 11.8. The minimum atomic E-state index is 0.777. The molecule has 17 heavy (non-hydrogen) atoms. The van der Waals surface area contributed by atoms with Gasteiger partial charge in [-0.2, -0.15) is 0 Å². The summed E-state index contributed by atoms with van der Waals surface area (Å²) < 4.78 is 0. The van der Waals surface area contributed by atoms with Crippen molar-refractivity contribution in [1.82, 2.24) is 10.2 Å². The Hall–Kier alpha value is -0.0800. The normalized spacial score (nSPS) is 27.4. The third kappa shape index (κ3) is 4.26. The molecule has 2 heteroatoms. The van der Waals surface area contributed by atoms with Crippen molar-refractivity contribution in [2.45, 2.75) is 58.4 Å². The van der Waals surface area contributed by atoms with Crippen LogP contribution >= 0.6 is 0 Å². The highest BCUT2D eigenvalue weighted by molar-refractivity contribution is 4.83. The Bertz CT molecular complexity index is 211. The van der Waals surface area contributed by atoms with E-state index in [9.17, 15) is 0 Å². The molecule has 0 aromatic carbocycles. The van der Waals surface area contributed by atoms with Crippen molar-refractivity contribution in [2.24, 2.45) is 11.8 Å². The summed E-state index contributed by atoms with van der Waals surface area (Å²) in [5, 5.41) is 3.65. The molecule has 1 aliphatic carbocycles. The van der Waals surface area contributed by atoms with Gasteiger partial charge in [0.15, 0.2) is 0 Å². The van der Waals surface area contributed by atoms with Crippen molar-refractivity contribution in [3.63, 3.8) is 0 Å². The molecular weight excluding hydrogens is 208 g/mol. The smallest absolute Gasteiger partial charge is 0.0220 e. The fraction of sp³-hybridized carbons (Fsp3) is 1.00. The molecule has 1 saturated carbocycles. The van der Waals surface area contributed by atoms with Crippen LogP contribution in [0.2, 0.25) is 0 Å². The number of nitrogens with zero attached hydrogens (tertiary/aromatic N) is 1. The lowest BCUT2D eigenvalue weighted by molar-refractivity contribution is 0.0992. The van der Waals surface area contributed by atoms with Crippen LogP contribution in [0.5, 0.6) is 0 Å². The minimum absolute atomic E-state index is 0.777. The molecule has 2 aliphatic rings. The molecule has 0 aromatic rings. The first-order chi connectivity index (χ1) is 8.25. The third-order valence-electron chi connectivity index (χ3n) is 4.40. The number of hydrogen-bond acceptors (Lipinski definition) is 2. The van der Waals surface area contributed by atoms with Crippen LogP contribution in [0.4, 0.5) is 0 Å². The largest absolute Gasteiger partial charge is 0.315 e. The van der Waals surface area contributed by atoms with Crippen molar-refractivity contribution < 1.29 is 0 Å². The highest BCUT2D eigenvalue weighted by atomic mass is 15.2. The molecule has 1 heterocycles. The van der Waals surface area contributed by atoms with Gasteiger partial charge in [-0.25, -0.2) is 0 Å². The maximum atomic E-state index is 3.65. The lowest BCUT2D eigenvalue weighted by atomic mass is 9.84. The average molecular weight is 238 g/mol. The highest BCUT2D eigenvalue weighted by Crippen LogP contribution is 2.29. The number of nitrogens with one attached hydrogen (secondary N) is 1. The first-order valence-corrected chi connectivity index (χ1v) is 7.70. The van der Waals surface area contributed by atoms with Crippen molar-refractivity contribution >= 4 is 0 Å². The predicted octanol–water partition coefficient (Wildman–Crippen LogP) is 2.89. The van der Waals surface area contributed by atoms with Crippen LogP contribution in [0, 0.1) is 11.8 Å². The van der Waals surface area contributed by atoms with E-state index >= 15 is 0 Å². The zero-order chi connectivity index (χ0) is 12.1. The average Bonchev–Trinajstić information content (AvgIpc) is 2.25. The Morgan fingerprint density at radius 3 is 2.59 bits per heavy atom. The van der Waals surface area contributed by atoms with E-state index < -0.39 is 0 Å². The van der Waals surface area contributed by atoms with Gasteiger partial charge in [0.25, 0.3) is 0 Å². The quantitative estimate of drug-likeness (QED) is 0.765. The van der Waals surface area contributed by atoms with Crippen molar-refractivity contribution in [3.05, 3.63) is 0 Å². The second-order valence-corrected chi connectivity index (χ2v) is 6.49. The summed E-state index contributed by atoms with van der Waals surface area (Å²) in [4.78, 5) is 2.78. The van der Waals surface area contributed by atoms with Crippen LogP contribution in [0.3, 0.4) is 0 Å². The van der Waals surface area contributed by atoms with Crippen LogP contribution in [0.1, 0.15) is 52.4 Å². The summed E-state index contributed by atoms with van der Waals surface area (Å²) in [5.74, 6) is 1.80. The Balaban J connectivity index is 1.71. The number of piperidine rings is 1. The maximum absolute atomic E-state index is 3.65. The van der Waals surface area contributed by atoms with E-state index in [0.717, 1.165) is 17.9 Å². The van der Waals surface area contributed by atoms with E-state index in [1.165, 1.54) is 64.7 Å². The van der Waals surface area contributed by atoms with E-state index in [1.807, 2.05) is 0 Å². The lowest BCUT2D eigenvalue weighted by Gasteiger charge is -2.40. The Morgan fingerprint density at radius 2 is 1.94 bits per heavy atom. The van der Waals surface area contributed by atoms with Gasteiger partial charge >= 0.3 is 0 Å². The summed E-state index contributed by atoms with van der Waals surface area (Å²) in [6.45, 7) is 9.71. The molecule has 0 aromatic heterocycles. The molecule has 0 amide bonds. The molecule has 1 unspecified atom stereocenters. The molecule has 1 aliphatic heterocycles. The number of hydrogen-bond donors (Lipinski definition) is 1. The standard InChI is InChI=1S/C15H30N2/c1-13(2)10-16-11-15-8-3-4-9-17(15)12-14-6-5-7-14/h13-16H,3-12H2,1-2H3. The first kappa shape index (κ1) is 13.4. The molecule has 1 atom stereocenters.